The SMILES string of the molecule is CC1CCN(Cc2cccc(F)c2Br)C1CO. The van der Waals surface area contributed by atoms with E-state index < -0.39 is 0 Å². The molecular formula is C13H17BrFNO. The lowest BCUT2D eigenvalue weighted by Crippen LogP contribution is -2.34. The molecule has 2 nitrogen and oxygen atoms in total. The molecule has 2 rings (SSSR count). The summed E-state index contributed by atoms with van der Waals surface area (Å²) < 4.78 is 13.9. The maximum atomic E-state index is 13.4. The van der Waals surface area contributed by atoms with Gasteiger partial charge in [0.1, 0.15) is 5.82 Å². The van der Waals surface area contributed by atoms with Crippen LogP contribution in [0.3, 0.4) is 0 Å². The molecule has 1 heterocycles. The highest BCUT2D eigenvalue weighted by molar-refractivity contribution is 9.10. The number of aliphatic hydroxyl groups excluding tert-OH is 1. The number of hydrogen-bond donors (Lipinski definition) is 1. The molecule has 0 radical (unpaired) electrons. The number of nitrogens with zero attached hydrogens (tertiary/aromatic N) is 1. The molecule has 4 heteroatoms. The van der Waals surface area contributed by atoms with Crippen LogP contribution in [0.25, 0.3) is 0 Å². The highest BCUT2D eigenvalue weighted by Gasteiger charge is 2.30. The Kier molecular flexibility index (Phi) is 4.17. The number of benzene rings is 1. The lowest BCUT2D eigenvalue weighted by Gasteiger charge is -2.25. The Balaban J connectivity index is 2.13. The number of halogens is 2. The molecule has 1 aromatic carbocycles. The molecule has 1 aromatic rings. The van der Waals surface area contributed by atoms with Crippen molar-refractivity contribution in [2.24, 2.45) is 5.92 Å². The minimum atomic E-state index is -0.227. The fourth-order valence-corrected chi connectivity index (χ4v) is 2.86. The molecule has 1 aliphatic rings. The van der Waals surface area contributed by atoms with Gasteiger partial charge in [-0.1, -0.05) is 19.1 Å². The normalized spacial score (nSPS) is 25.4. The Bertz CT molecular complexity index is 399. The van der Waals surface area contributed by atoms with Crippen molar-refractivity contribution in [2.45, 2.75) is 25.9 Å². The van der Waals surface area contributed by atoms with E-state index in [0.717, 1.165) is 18.5 Å². The first kappa shape index (κ1) is 13.0. The molecule has 2 unspecified atom stereocenters. The van der Waals surface area contributed by atoms with E-state index in [1.54, 1.807) is 6.07 Å². The summed E-state index contributed by atoms with van der Waals surface area (Å²) >= 11 is 3.28. The van der Waals surface area contributed by atoms with Crippen molar-refractivity contribution in [1.29, 1.82) is 0 Å². The summed E-state index contributed by atoms with van der Waals surface area (Å²) in [5, 5.41) is 9.38. The summed E-state index contributed by atoms with van der Waals surface area (Å²) in [6, 6.07) is 5.29. The summed E-state index contributed by atoms with van der Waals surface area (Å²) in [6.45, 7) is 3.98. The zero-order chi connectivity index (χ0) is 12.4. The summed E-state index contributed by atoms with van der Waals surface area (Å²) in [7, 11) is 0. The first-order valence-corrected chi connectivity index (χ1v) is 6.70. The third kappa shape index (κ3) is 2.69. The molecule has 0 bridgehead atoms. The molecule has 0 spiro atoms. The summed E-state index contributed by atoms with van der Waals surface area (Å²) in [5.41, 5.74) is 0.942. The van der Waals surface area contributed by atoms with Crippen LogP contribution in [0.15, 0.2) is 22.7 Å². The first-order chi connectivity index (χ1) is 8.13. The molecular weight excluding hydrogens is 285 g/mol. The van der Waals surface area contributed by atoms with Gasteiger partial charge in [-0.05, 0) is 46.4 Å². The van der Waals surface area contributed by atoms with Crippen LogP contribution in [-0.2, 0) is 6.54 Å². The number of likely N-dealkylation sites (tertiary alicyclic amines) is 1. The lowest BCUT2D eigenvalue weighted by atomic mass is 10.0. The molecule has 17 heavy (non-hydrogen) atoms. The van der Waals surface area contributed by atoms with E-state index >= 15 is 0 Å². The molecule has 0 saturated carbocycles. The van der Waals surface area contributed by atoms with Gasteiger partial charge >= 0.3 is 0 Å². The van der Waals surface area contributed by atoms with Crippen LogP contribution < -0.4 is 0 Å². The average molecular weight is 302 g/mol. The third-order valence-electron chi connectivity index (χ3n) is 3.59. The molecule has 1 saturated heterocycles. The third-order valence-corrected chi connectivity index (χ3v) is 4.48. The van der Waals surface area contributed by atoms with Crippen molar-refractivity contribution >= 4 is 15.9 Å². The Morgan fingerprint density at radius 1 is 1.53 bits per heavy atom. The smallest absolute Gasteiger partial charge is 0.137 e. The van der Waals surface area contributed by atoms with E-state index in [1.165, 1.54) is 6.07 Å². The van der Waals surface area contributed by atoms with Crippen LogP contribution in [-0.4, -0.2) is 29.2 Å². The van der Waals surface area contributed by atoms with E-state index in [-0.39, 0.29) is 18.5 Å². The van der Waals surface area contributed by atoms with E-state index in [1.807, 2.05) is 6.07 Å². The van der Waals surface area contributed by atoms with Crippen LogP contribution in [0, 0.1) is 11.7 Å². The monoisotopic (exact) mass is 301 g/mol. The number of rotatable bonds is 3. The van der Waals surface area contributed by atoms with Gasteiger partial charge in [0.15, 0.2) is 0 Å². The quantitative estimate of drug-likeness (QED) is 0.928. The van der Waals surface area contributed by atoms with Gasteiger partial charge in [-0.15, -0.1) is 0 Å². The highest BCUT2D eigenvalue weighted by atomic mass is 79.9. The maximum Gasteiger partial charge on any atom is 0.137 e. The van der Waals surface area contributed by atoms with Gasteiger partial charge in [0.25, 0.3) is 0 Å². The van der Waals surface area contributed by atoms with Crippen LogP contribution in [0.1, 0.15) is 18.9 Å². The lowest BCUT2D eigenvalue weighted by molar-refractivity contribution is 0.134. The number of hydrogen-bond acceptors (Lipinski definition) is 2. The second kappa shape index (κ2) is 5.46. The Hall–Kier alpha value is -0.450. The number of aliphatic hydroxyl groups is 1. The van der Waals surface area contributed by atoms with Crippen molar-refractivity contribution in [3.8, 4) is 0 Å². The van der Waals surface area contributed by atoms with E-state index in [0.29, 0.717) is 16.9 Å². The van der Waals surface area contributed by atoms with Crippen LogP contribution in [0.2, 0.25) is 0 Å². The molecule has 1 aliphatic heterocycles. The summed E-state index contributed by atoms with van der Waals surface area (Å²) in [6.07, 6.45) is 1.10. The van der Waals surface area contributed by atoms with Crippen LogP contribution in [0.5, 0.6) is 0 Å². The fraction of sp³-hybridized carbons (Fsp3) is 0.538. The standard InChI is InChI=1S/C13H17BrFNO/c1-9-5-6-16(12(9)8-17)7-10-3-2-4-11(15)13(10)14/h2-4,9,12,17H,5-8H2,1H3. The second-order valence-electron chi connectivity index (χ2n) is 4.70. The zero-order valence-electron chi connectivity index (χ0n) is 9.87. The van der Waals surface area contributed by atoms with Gasteiger partial charge in [-0.3, -0.25) is 4.90 Å². The molecule has 0 aliphatic carbocycles. The second-order valence-corrected chi connectivity index (χ2v) is 5.49. The molecule has 0 aromatic heterocycles. The van der Waals surface area contributed by atoms with Crippen LogP contribution in [0.4, 0.5) is 4.39 Å². The van der Waals surface area contributed by atoms with Gasteiger partial charge in [0.2, 0.25) is 0 Å². The maximum absolute atomic E-state index is 13.4. The van der Waals surface area contributed by atoms with E-state index in [9.17, 15) is 9.50 Å². The topological polar surface area (TPSA) is 23.5 Å². The highest BCUT2D eigenvalue weighted by Crippen LogP contribution is 2.28. The van der Waals surface area contributed by atoms with E-state index in [2.05, 4.69) is 27.8 Å². The summed E-state index contributed by atoms with van der Waals surface area (Å²) in [4.78, 5) is 2.23. The van der Waals surface area contributed by atoms with Crippen LogP contribution >= 0.6 is 15.9 Å². The Morgan fingerprint density at radius 2 is 2.29 bits per heavy atom. The van der Waals surface area contributed by atoms with Crippen molar-refractivity contribution in [3.05, 3.63) is 34.1 Å². The molecule has 0 amide bonds. The molecule has 1 fully saturated rings. The minimum absolute atomic E-state index is 0.175. The van der Waals surface area contributed by atoms with Crippen molar-refractivity contribution < 1.29 is 9.50 Å². The minimum Gasteiger partial charge on any atom is -0.395 e. The molecule has 2 atom stereocenters. The Labute approximate surface area is 110 Å². The average Bonchev–Trinajstić information content (AvgIpc) is 2.66. The van der Waals surface area contributed by atoms with Gasteiger partial charge < -0.3 is 5.11 Å². The van der Waals surface area contributed by atoms with E-state index in [4.69, 9.17) is 0 Å². The largest absolute Gasteiger partial charge is 0.395 e. The van der Waals surface area contributed by atoms with Crippen molar-refractivity contribution in [1.82, 2.24) is 4.90 Å². The van der Waals surface area contributed by atoms with Gasteiger partial charge in [-0.2, -0.15) is 0 Å². The fourth-order valence-electron chi connectivity index (χ4n) is 2.47. The van der Waals surface area contributed by atoms with Gasteiger partial charge in [0.05, 0.1) is 11.1 Å². The van der Waals surface area contributed by atoms with Gasteiger partial charge in [0, 0.05) is 12.6 Å². The van der Waals surface area contributed by atoms with Gasteiger partial charge in [-0.25, -0.2) is 4.39 Å². The van der Waals surface area contributed by atoms with Crippen molar-refractivity contribution in [2.75, 3.05) is 13.2 Å². The first-order valence-electron chi connectivity index (χ1n) is 5.91. The van der Waals surface area contributed by atoms with Crippen molar-refractivity contribution in [3.63, 3.8) is 0 Å². The predicted molar refractivity (Wildman–Crippen MR) is 69.2 cm³/mol. The Morgan fingerprint density at radius 3 is 3.00 bits per heavy atom. The summed E-state index contributed by atoms with van der Waals surface area (Å²) in [5.74, 6) is 0.280. The zero-order valence-corrected chi connectivity index (χ0v) is 11.5. The predicted octanol–water partition coefficient (Wildman–Crippen LogP) is 2.79. The molecule has 1 N–H and O–H groups in total. The molecule has 94 valence electrons.